The van der Waals surface area contributed by atoms with Gasteiger partial charge in [0.05, 0.1) is 0 Å². The first-order valence-corrected chi connectivity index (χ1v) is 8.66. The van der Waals surface area contributed by atoms with Gasteiger partial charge < -0.3 is 9.64 Å². The van der Waals surface area contributed by atoms with Crippen molar-refractivity contribution in [1.82, 2.24) is 4.90 Å². The van der Waals surface area contributed by atoms with Crippen LogP contribution < -0.4 is 4.74 Å². The molecule has 1 aliphatic rings. The van der Waals surface area contributed by atoms with E-state index in [9.17, 15) is 4.79 Å². The molecule has 3 rings (SSSR count). The number of hydrogen-bond acceptors (Lipinski definition) is 2. The minimum atomic E-state index is 0.0545. The summed E-state index contributed by atoms with van der Waals surface area (Å²) in [4.78, 5) is 14.7. The van der Waals surface area contributed by atoms with Gasteiger partial charge in [0, 0.05) is 12.6 Å². The van der Waals surface area contributed by atoms with E-state index in [1.165, 1.54) is 18.4 Å². The molecule has 3 nitrogen and oxygen atoms in total. The molecule has 0 heterocycles. The normalized spacial score (nSPS) is 14.9. The summed E-state index contributed by atoms with van der Waals surface area (Å²) in [5.74, 6) is 1.43. The summed E-state index contributed by atoms with van der Waals surface area (Å²) < 4.78 is 5.70. The van der Waals surface area contributed by atoms with Crippen molar-refractivity contribution in [3.63, 3.8) is 0 Å². The molecule has 3 heteroatoms. The topological polar surface area (TPSA) is 29.5 Å². The lowest BCUT2D eigenvalue weighted by Crippen LogP contribution is -2.42. The molecule has 2 aromatic rings. The van der Waals surface area contributed by atoms with Crippen molar-refractivity contribution in [3.8, 4) is 5.75 Å². The standard InChI is InChI=1S/C21H25NO2/c1-16-8-12-20(13-9-16)24-15-21(23)22(17(2)19-10-11-19)14-18-6-4-3-5-7-18/h3-9,12-13,17,19H,10-11,14-15H2,1-2H3. The van der Waals surface area contributed by atoms with Crippen LogP contribution in [0.15, 0.2) is 54.6 Å². The maximum Gasteiger partial charge on any atom is 0.261 e. The molecule has 0 bridgehead atoms. The average Bonchev–Trinajstić information content (AvgIpc) is 3.44. The minimum absolute atomic E-state index is 0.0545. The summed E-state index contributed by atoms with van der Waals surface area (Å²) in [7, 11) is 0. The average molecular weight is 323 g/mol. The molecular formula is C21H25NO2. The van der Waals surface area contributed by atoms with Crippen LogP contribution in [0.25, 0.3) is 0 Å². The molecule has 126 valence electrons. The molecule has 1 unspecified atom stereocenters. The van der Waals surface area contributed by atoms with Crippen LogP contribution in [0.5, 0.6) is 5.75 Å². The molecule has 1 saturated carbocycles. The van der Waals surface area contributed by atoms with Crippen LogP contribution in [0.3, 0.4) is 0 Å². The molecule has 0 N–H and O–H groups in total. The third-order valence-electron chi connectivity index (χ3n) is 4.70. The largest absolute Gasteiger partial charge is 0.484 e. The number of ether oxygens (including phenoxy) is 1. The van der Waals surface area contributed by atoms with Gasteiger partial charge in [0.2, 0.25) is 0 Å². The number of hydrogen-bond donors (Lipinski definition) is 0. The Morgan fingerprint density at radius 3 is 2.42 bits per heavy atom. The first-order chi connectivity index (χ1) is 11.6. The Kier molecular flexibility index (Phi) is 5.19. The van der Waals surface area contributed by atoms with Crippen LogP contribution in [0.2, 0.25) is 0 Å². The SMILES string of the molecule is Cc1ccc(OCC(=O)N(Cc2ccccc2)C(C)C2CC2)cc1. The fourth-order valence-corrected chi connectivity index (χ4v) is 2.93. The van der Waals surface area contributed by atoms with Gasteiger partial charge in [-0.05, 0) is 50.3 Å². The number of aryl methyl sites for hydroxylation is 1. The zero-order chi connectivity index (χ0) is 16.9. The van der Waals surface area contributed by atoms with Crippen molar-refractivity contribution in [2.24, 2.45) is 5.92 Å². The van der Waals surface area contributed by atoms with Gasteiger partial charge in [0.25, 0.3) is 5.91 Å². The molecular weight excluding hydrogens is 298 g/mol. The van der Waals surface area contributed by atoms with Gasteiger partial charge in [-0.1, -0.05) is 48.0 Å². The van der Waals surface area contributed by atoms with E-state index in [4.69, 9.17) is 4.74 Å². The summed E-state index contributed by atoms with van der Waals surface area (Å²) >= 11 is 0. The van der Waals surface area contributed by atoms with Gasteiger partial charge in [-0.2, -0.15) is 0 Å². The monoisotopic (exact) mass is 323 g/mol. The zero-order valence-corrected chi connectivity index (χ0v) is 14.4. The van der Waals surface area contributed by atoms with E-state index in [0.29, 0.717) is 12.5 Å². The van der Waals surface area contributed by atoms with E-state index in [0.717, 1.165) is 11.3 Å². The molecule has 0 saturated heterocycles. The Balaban J connectivity index is 1.65. The molecule has 0 radical (unpaired) electrons. The van der Waals surface area contributed by atoms with E-state index >= 15 is 0 Å². The highest BCUT2D eigenvalue weighted by atomic mass is 16.5. The van der Waals surface area contributed by atoms with Crippen LogP contribution in [-0.2, 0) is 11.3 Å². The molecule has 1 fully saturated rings. The molecule has 2 aromatic carbocycles. The van der Waals surface area contributed by atoms with Crippen molar-refractivity contribution in [2.45, 2.75) is 39.3 Å². The van der Waals surface area contributed by atoms with Crippen LogP contribution in [0.1, 0.15) is 30.9 Å². The molecule has 0 aromatic heterocycles. The number of carbonyl (C=O) groups is 1. The smallest absolute Gasteiger partial charge is 0.261 e. The first-order valence-electron chi connectivity index (χ1n) is 8.66. The van der Waals surface area contributed by atoms with Crippen LogP contribution in [-0.4, -0.2) is 23.5 Å². The molecule has 1 amide bonds. The van der Waals surface area contributed by atoms with Crippen molar-refractivity contribution < 1.29 is 9.53 Å². The highest BCUT2D eigenvalue weighted by Gasteiger charge is 2.34. The number of benzene rings is 2. The fourth-order valence-electron chi connectivity index (χ4n) is 2.93. The quantitative estimate of drug-likeness (QED) is 0.764. The number of carbonyl (C=O) groups excluding carboxylic acids is 1. The summed E-state index contributed by atoms with van der Waals surface area (Å²) in [6, 6.07) is 18.2. The third kappa shape index (κ3) is 4.38. The van der Waals surface area contributed by atoms with Gasteiger partial charge in [-0.15, -0.1) is 0 Å². The van der Waals surface area contributed by atoms with Crippen molar-refractivity contribution in [3.05, 3.63) is 65.7 Å². The maximum absolute atomic E-state index is 12.8. The van der Waals surface area contributed by atoms with Crippen LogP contribution >= 0.6 is 0 Å². The number of nitrogens with zero attached hydrogens (tertiary/aromatic N) is 1. The molecule has 24 heavy (non-hydrogen) atoms. The number of amides is 1. The first kappa shape index (κ1) is 16.6. The van der Waals surface area contributed by atoms with Crippen LogP contribution in [0.4, 0.5) is 0 Å². The van der Waals surface area contributed by atoms with E-state index in [2.05, 4.69) is 19.1 Å². The van der Waals surface area contributed by atoms with E-state index in [-0.39, 0.29) is 18.6 Å². The molecule has 1 atom stereocenters. The van der Waals surface area contributed by atoms with Gasteiger partial charge >= 0.3 is 0 Å². The fraction of sp³-hybridized carbons (Fsp3) is 0.381. The van der Waals surface area contributed by atoms with Crippen molar-refractivity contribution in [2.75, 3.05) is 6.61 Å². The van der Waals surface area contributed by atoms with E-state index in [1.807, 2.05) is 54.3 Å². The predicted octanol–water partition coefficient (Wildman–Crippen LogP) is 4.20. The van der Waals surface area contributed by atoms with E-state index in [1.54, 1.807) is 0 Å². The van der Waals surface area contributed by atoms with Gasteiger partial charge in [0.1, 0.15) is 5.75 Å². The van der Waals surface area contributed by atoms with Gasteiger partial charge in [-0.25, -0.2) is 0 Å². The second-order valence-electron chi connectivity index (χ2n) is 6.69. The minimum Gasteiger partial charge on any atom is -0.484 e. The third-order valence-corrected chi connectivity index (χ3v) is 4.70. The van der Waals surface area contributed by atoms with Crippen LogP contribution in [0, 0.1) is 12.8 Å². The second-order valence-corrected chi connectivity index (χ2v) is 6.69. The zero-order valence-electron chi connectivity index (χ0n) is 14.4. The molecule has 0 aliphatic heterocycles. The Morgan fingerprint density at radius 1 is 1.12 bits per heavy atom. The number of rotatable bonds is 7. The summed E-state index contributed by atoms with van der Waals surface area (Å²) in [5, 5.41) is 0. The lowest BCUT2D eigenvalue weighted by atomic mass is 10.1. The Labute approximate surface area is 144 Å². The highest BCUT2D eigenvalue weighted by Crippen LogP contribution is 2.35. The Morgan fingerprint density at radius 2 is 1.79 bits per heavy atom. The second kappa shape index (κ2) is 7.52. The Bertz CT molecular complexity index is 662. The lowest BCUT2D eigenvalue weighted by molar-refractivity contribution is -0.136. The summed E-state index contributed by atoms with van der Waals surface area (Å²) in [6.07, 6.45) is 2.44. The summed E-state index contributed by atoms with van der Waals surface area (Å²) in [6.45, 7) is 4.93. The molecule has 1 aliphatic carbocycles. The predicted molar refractivity (Wildman–Crippen MR) is 95.9 cm³/mol. The van der Waals surface area contributed by atoms with Crippen molar-refractivity contribution in [1.29, 1.82) is 0 Å². The summed E-state index contributed by atoms with van der Waals surface area (Å²) in [5.41, 5.74) is 2.34. The van der Waals surface area contributed by atoms with E-state index < -0.39 is 0 Å². The lowest BCUT2D eigenvalue weighted by Gasteiger charge is -2.29. The van der Waals surface area contributed by atoms with Crippen molar-refractivity contribution >= 4 is 5.91 Å². The van der Waals surface area contributed by atoms with Gasteiger partial charge in [0.15, 0.2) is 6.61 Å². The van der Waals surface area contributed by atoms with Gasteiger partial charge in [-0.3, -0.25) is 4.79 Å². The molecule has 0 spiro atoms. The maximum atomic E-state index is 12.8. The highest BCUT2D eigenvalue weighted by molar-refractivity contribution is 5.78. The Hall–Kier alpha value is -2.29.